The largest absolute Gasteiger partial charge is 0.444 e. The molecule has 0 radical (unpaired) electrons. The summed E-state index contributed by atoms with van der Waals surface area (Å²) < 4.78 is 17.8. The molecular weight excluding hydrogens is 275 g/mol. The van der Waals surface area contributed by atoms with Gasteiger partial charge in [0.25, 0.3) is 0 Å². The molecule has 1 aromatic heterocycles. The summed E-state index contributed by atoms with van der Waals surface area (Å²) in [6.45, 7) is 5.65. The second-order valence-corrected chi connectivity index (χ2v) is 6.30. The third-order valence-corrected chi connectivity index (χ3v) is 3.33. The summed E-state index contributed by atoms with van der Waals surface area (Å²) in [5, 5.41) is 10.3. The highest BCUT2D eigenvalue weighted by molar-refractivity contribution is 5.69. The number of carbonyl (C=O) groups is 1. The van der Waals surface area contributed by atoms with Gasteiger partial charge in [0.1, 0.15) is 12.3 Å². The molecule has 1 atom stereocenters. The third-order valence-electron chi connectivity index (χ3n) is 3.33. The number of carbonyl (C=O) groups excluding carboxylic acids is 1. The van der Waals surface area contributed by atoms with Gasteiger partial charge in [0.15, 0.2) is 0 Å². The van der Waals surface area contributed by atoms with Crippen molar-refractivity contribution in [2.45, 2.75) is 39.2 Å². The lowest BCUT2D eigenvalue weighted by molar-refractivity contribution is -0.0314. The number of rotatable bonds is 3. The van der Waals surface area contributed by atoms with Crippen molar-refractivity contribution < 1.29 is 19.0 Å². The molecule has 2 heterocycles. The van der Waals surface area contributed by atoms with Gasteiger partial charge in [-0.3, -0.25) is 4.98 Å². The second kappa shape index (κ2) is 5.97. The van der Waals surface area contributed by atoms with Crippen LogP contribution in [0.1, 0.15) is 38.1 Å². The minimum atomic E-state index is -0.725. The van der Waals surface area contributed by atoms with E-state index in [1.54, 1.807) is 17.0 Å². The van der Waals surface area contributed by atoms with E-state index in [0.29, 0.717) is 24.3 Å². The van der Waals surface area contributed by atoms with Crippen molar-refractivity contribution >= 4 is 6.09 Å². The van der Waals surface area contributed by atoms with Gasteiger partial charge in [-0.25, -0.2) is 9.18 Å². The van der Waals surface area contributed by atoms with Crippen LogP contribution in [0.15, 0.2) is 18.3 Å². The zero-order valence-electron chi connectivity index (χ0n) is 12.5. The van der Waals surface area contributed by atoms with Gasteiger partial charge in [0.05, 0.1) is 11.8 Å². The molecule has 21 heavy (non-hydrogen) atoms. The minimum absolute atomic E-state index is 0.0626. The number of aliphatic hydroxyl groups is 1. The van der Waals surface area contributed by atoms with Crippen molar-refractivity contribution in [2.24, 2.45) is 5.92 Å². The van der Waals surface area contributed by atoms with Gasteiger partial charge in [-0.15, -0.1) is 0 Å². The summed E-state index contributed by atoms with van der Waals surface area (Å²) >= 11 is 0. The minimum Gasteiger partial charge on any atom is -0.444 e. The maximum atomic E-state index is 12.6. The van der Waals surface area contributed by atoms with E-state index in [-0.39, 0.29) is 12.0 Å². The molecule has 116 valence electrons. The van der Waals surface area contributed by atoms with Crippen LogP contribution in [0, 0.1) is 5.92 Å². The van der Waals surface area contributed by atoms with E-state index >= 15 is 0 Å². The van der Waals surface area contributed by atoms with Gasteiger partial charge in [0.2, 0.25) is 0 Å². The number of aromatic nitrogens is 1. The lowest BCUT2D eigenvalue weighted by Gasteiger charge is -2.42. The van der Waals surface area contributed by atoms with Crippen LogP contribution in [0.5, 0.6) is 0 Å². The van der Waals surface area contributed by atoms with Gasteiger partial charge in [-0.2, -0.15) is 0 Å². The average molecular weight is 296 g/mol. The van der Waals surface area contributed by atoms with Gasteiger partial charge in [-0.1, -0.05) is 0 Å². The number of nitrogens with zero attached hydrogens (tertiary/aromatic N) is 2. The van der Waals surface area contributed by atoms with E-state index in [9.17, 15) is 14.3 Å². The number of pyridine rings is 1. The highest BCUT2D eigenvalue weighted by Gasteiger charge is 2.38. The molecule has 1 fully saturated rings. The number of likely N-dealkylation sites (tertiary alicyclic amines) is 1. The summed E-state index contributed by atoms with van der Waals surface area (Å²) in [7, 11) is 0. The first-order valence-electron chi connectivity index (χ1n) is 6.97. The van der Waals surface area contributed by atoms with Gasteiger partial charge in [-0.05, 0) is 38.5 Å². The van der Waals surface area contributed by atoms with E-state index in [4.69, 9.17) is 4.74 Å². The molecule has 2 rings (SSSR count). The van der Waals surface area contributed by atoms with Crippen molar-refractivity contribution in [3.63, 3.8) is 0 Å². The van der Waals surface area contributed by atoms with Crippen LogP contribution in [0.4, 0.5) is 9.18 Å². The Bertz CT molecular complexity index is 510. The fourth-order valence-corrected chi connectivity index (χ4v) is 2.21. The highest BCUT2D eigenvalue weighted by atomic mass is 19.1. The summed E-state index contributed by atoms with van der Waals surface area (Å²) in [6, 6.07) is 3.22. The molecule has 1 unspecified atom stereocenters. The first-order chi connectivity index (χ1) is 9.80. The highest BCUT2D eigenvalue weighted by Crippen LogP contribution is 2.31. The van der Waals surface area contributed by atoms with Crippen LogP contribution in [0.25, 0.3) is 0 Å². The van der Waals surface area contributed by atoms with E-state index in [1.165, 1.54) is 6.20 Å². The summed E-state index contributed by atoms with van der Waals surface area (Å²) in [5.41, 5.74) is 0.406. The smallest absolute Gasteiger partial charge is 0.410 e. The first kappa shape index (κ1) is 15.7. The second-order valence-electron chi connectivity index (χ2n) is 6.30. The Morgan fingerprint density at radius 3 is 2.81 bits per heavy atom. The van der Waals surface area contributed by atoms with Crippen molar-refractivity contribution in [1.82, 2.24) is 9.88 Å². The molecule has 0 saturated carbocycles. The monoisotopic (exact) mass is 296 g/mol. The Balaban J connectivity index is 1.90. The maximum absolute atomic E-state index is 12.6. The van der Waals surface area contributed by atoms with Crippen LogP contribution in [0.2, 0.25) is 0 Å². The predicted molar refractivity (Wildman–Crippen MR) is 75.3 cm³/mol. The molecule has 1 saturated heterocycles. The average Bonchev–Trinajstić information content (AvgIpc) is 2.34. The SMILES string of the molecule is CC(C)(C)OC(=O)N1CC(C(O)c2ccnc(CF)c2)C1. The number of hydrogen-bond acceptors (Lipinski definition) is 4. The summed E-state index contributed by atoms with van der Waals surface area (Å²) in [4.78, 5) is 17.2. The van der Waals surface area contributed by atoms with Gasteiger partial charge >= 0.3 is 6.09 Å². The number of alkyl halides is 1. The van der Waals surface area contributed by atoms with Crippen LogP contribution in [-0.2, 0) is 11.4 Å². The molecular formula is C15H21FN2O3. The summed E-state index contributed by atoms with van der Waals surface area (Å²) in [5.74, 6) is -0.0626. The van der Waals surface area contributed by atoms with Crippen molar-refractivity contribution in [1.29, 1.82) is 0 Å². The predicted octanol–water partition coefficient (Wildman–Crippen LogP) is 2.45. The number of ether oxygens (including phenoxy) is 1. The van der Waals surface area contributed by atoms with Crippen molar-refractivity contribution in [2.75, 3.05) is 13.1 Å². The Kier molecular flexibility index (Phi) is 4.46. The van der Waals surface area contributed by atoms with Gasteiger partial charge in [0, 0.05) is 25.2 Å². The van der Waals surface area contributed by atoms with E-state index in [2.05, 4.69) is 4.98 Å². The van der Waals surface area contributed by atoms with Crippen molar-refractivity contribution in [3.8, 4) is 0 Å². The van der Waals surface area contributed by atoms with Crippen LogP contribution < -0.4 is 0 Å². The molecule has 1 N–H and O–H groups in total. The topological polar surface area (TPSA) is 62.7 Å². The van der Waals surface area contributed by atoms with Crippen LogP contribution >= 0.6 is 0 Å². The molecule has 6 heteroatoms. The molecule has 1 aromatic rings. The molecule has 0 spiro atoms. The maximum Gasteiger partial charge on any atom is 0.410 e. The Labute approximate surface area is 123 Å². The zero-order chi connectivity index (χ0) is 15.6. The molecule has 1 aliphatic rings. The number of aliphatic hydroxyl groups excluding tert-OH is 1. The molecule has 0 aromatic carbocycles. The fraction of sp³-hybridized carbons (Fsp3) is 0.600. The zero-order valence-corrected chi connectivity index (χ0v) is 12.5. The molecule has 0 bridgehead atoms. The Morgan fingerprint density at radius 2 is 2.24 bits per heavy atom. The molecule has 5 nitrogen and oxygen atoms in total. The lowest BCUT2D eigenvalue weighted by atomic mass is 9.89. The van der Waals surface area contributed by atoms with E-state index in [0.717, 1.165) is 0 Å². The Morgan fingerprint density at radius 1 is 1.57 bits per heavy atom. The normalized spacial score (nSPS) is 17.3. The Hall–Kier alpha value is -1.69. The first-order valence-corrected chi connectivity index (χ1v) is 6.97. The van der Waals surface area contributed by atoms with E-state index < -0.39 is 18.4 Å². The van der Waals surface area contributed by atoms with Gasteiger partial charge < -0.3 is 14.7 Å². The molecule has 1 aliphatic heterocycles. The van der Waals surface area contributed by atoms with E-state index in [1.807, 2.05) is 20.8 Å². The number of hydrogen-bond donors (Lipinski definition) is 1. The standard InChI is InChI=1S/C15H21FN2O3/c1-15(2,3)21-14(20)18-8-11(9-18)13(19)10-4-5-17-12(6-10)7-16/h4-6,11,13,19H,7-9H2,1-3H3. The number of halogens is 1. The fourth-order valence-electron chi connectivity index (χ4n) is 2.21. The third kappa shape index (κ3) is 3.91. The van der Waals surface area contributed by atoms with Crippen LogP contribution in [-0.4, -0.2) is 39.8 Å². The quantitative estimate of drug-likeness (QED) is 0.930. The molecule has 0 aliphatic carbocycles. The lowest BCUT2D eigenvalue weighted by Crippen LogP contribution is -2.53. The van der Waals surface area contributed by atoms with Crippen LogP contribution in [0.3, 0.4) is 0 Å². The van der Waals surface area contributed by atoms with Crippen molar-refractivity contribution in [3.05, 3.63) is 29.6 Å². The molecule has 1 amide bonds. The number of amides is 1. The summed E-state index contributed by atoms with van der Waals surface area (Å²) in [6.07, 6.45) is 0.389.